The SMILES string of the molecule is COc1ccc(C[N+](C)(C)C)c2ccccc12.O=S(=O)([O-])C(F)(F)F. The topological polar surface area (TPSA) is 66.4 Å². The molecule has 25 heavy (non-hydrogen) atoms. The van der Waals surface area contributed by atoms with Crippen molar-refractivity contribution in [3.8, 4) is 5.75 Å². The maximum Gasteiger partial charge on any atom is 0.485 e. The first-order valence-corrected chi connectivity index (χ1v) is 8.54. The van der Waals surface area contributed by atoms with E-state index in [2.05, 4.69) is 57.5 Å². The minimum atomic E-state index is -6.09. The lowest BCUT2D eigenvalue weighted by atomic mass is 10.0. The Labute approximate surface area is 145 Å². The van der Waals surface area contributed by atoms with E-state index in [1.807, 2.05) is 0 Å². The Morgan fingerprint density at radius 3 is 1.92 bits per heavy atom. The summed E-state index contributed by atoms with van der Waals surface area (Å²) in [5.41, 5.74) is -4.28. The van der Waals surface area contributed by atoms with E-state index in [0.29, 0.717) is 0 Å². The Morgan fingerprint density at radius 2 is 1.52 bits per heavy atom. The minimum absolute atomic E-state index is 0.927. The number of ether oxygens (including phenoxy) is 1. The summed E-state index contributed by atoms with van der Waals surface area (Å²) in [4.78, 5) is 0. The van der Waals surface area contributed by atoms with Gasteiger partial charge in [-0.1, -0.05) is 24.3 Å². The number of halogens is 3. The molecule has 5 nitrogen and oxygen atoms in total. The number of benzene rings is 2. The third-order valence-corrected chi connectivity index (χ3v) is 3.69. The van der Waals surface area contributed by atoms with Gasteiger partial charge in [-0.2, -0.15) is 13.2 Å². The van der Waals surface area contributed by atoms with Crippen molar-refractivity contribution >= 4 is 20.9 Å². The summed E-state index contributed by atoms with van der Waals surface area (Å²) < 4.78 is 65.2. The fourth-order valence-corrected chi connectivity index (χ4v) is 2.16. The van der Waals surface area contributed by atoms with Crippen molar-refractivity contribution < 1.29 is 35.4 Å². The molecule has 0 spiro atoms. The van der Waals surface area contributed by atoms with Crippen LogP contribution in [-0.2, 0) is 16.7 Å². The summed E-state index contributed by atoms with van der Waals surface area (Å²) in [7, 11) is 2.26. The lowest BCUT2D eigenvalue weighted by Gasteiger charge is -2.25. The maximum absolute atomic E-state index is 10.7. The smallest absolute Gasteiger partial charge is 0.485 e. The highest BCUT2D eigenvalue weighted by atomic mass is 32.2. The highest BCUT2D eigenvalue weighted by Gasteiger charge is 2.36. The Bertz CT molecular complexity index is 827. The van der Waals surface area contributed by atoms with Crippen LogP contribution in [0.4, 0.5) is 13.2 Å². The molecule has 0 unspecified atom stereocenters. The van der Waals surface area contributed by atoms with Crippen LogP contribution < -0.4 is 4.74 Å². The highest BCUT2D eigenvalue weighted by molar-refractivity contribution is 7.86. The predicted molar refractivity (Wildman–Crippen MR) is 88.0 cm³/mol. The van der Waals surface area contributed by atoms with Gasteiger partial charge in [0.2, 0.25) is 0 Å². The van der Waals surface area contributed by atoms with E-state index in [1.165, 1.54) is 16.3 Å². The van der Waals surface area contributed by atoms with E-state index in [0.717, 1.165) is 16.8 Å². The van der Waals surface area contributed by atoms with Crippen LogP contribution in [0.3, 0.4) is 0 Å². The van der Waals surface area contributed by atoms with Crippen LogP contribution in [0.2, 0.25) is 0 Å². The number of methoxy groups -OCH3 is 1. The first kappa shape index (κ1) is 21.2. The molecule has 2 aromatic rings. The number of quaternary nitrogens is 1. The third kappa shape index (κ3) is 6.18. The van der Waals surface area contributed by atoms with Crippen LogP contribution in [-0.4, -0.2) is 51.2 Å². The van der Waals surface area contributed by atoms with Crippen molar-refractivity contribution in [2.45, 2.75) is 12.1 Å². The summed E-state index contributed by atoms with van der Waals surface area (Å²) >= 11 is 0. The number of fused-ring (bicyclic) bond motifs is 1. The van der Waals surface area contributed by atoms with Gasteiger partial charge in [0.05, 0.1) is 28.3 Å². The van der Waals surface area contributed by atoms with Gasteiger partial charge in [-0.3, -0.25) is 0 Å². The molecular weight excluding hydrogens is 359 g/mol. The fraction of sp³-hybridized carbons (Fsp3) is 0.375. The third-order valence-electron chi connectivity index (χ3n) is 3.12. The molecule has 9 heteroatoms. The maximum atomic E-state index is 10.7. The second-order valence-corrected chi connectivity index (χ2v) is 7.69. The van der Waals surface area contributed by atoms with Gasteiger partial charge in [0.1, 0.15) is 12.3 Å². The molecule has 0 saturated carbocycles. The molecule has 0 aliphatic rings. The van der Waals surface area contributed by atoms with Gasteiger partial charge in [-0.05, 0) is 17.5 Å². The molecule has 2 aromatic carbocycles. The standard InChI is InChI=1S/C15H20NO.CHF3O3S/c1-16(2,3)11-12-9-10-15(17-4)14-8-6-5-7-13(12)14;2-1(3,4)8(5,6)7/h5-10H,11H2,1-4H3;(H,5,6,7)/q+1;/p-1. The zero-order valence-corrected chi connectivity index (χ0v) is 15.1. The summed E-state index contributed by atoms with van der Waals surface area (Å²) in [6, 6.07) is 12.7. The van der Waals surface area contributed by atoms with Gasteiger partial charge < -0.3 is 13.8 Å². The zero-order chi connectivity index (χ0) is 19.5. The van der Waals surface area contributed by atoms with Crippen molar-refractivity contribution in [2.24, 2.45) is 0 Å². The van der Waals surface area contributed by atoms with Gasteiger partial charge in [-0.15, -0.1) is 0 Å². The van der Waals surface area contributed by atoms with E-state index >= 15 is 0 Å². The summed E-state index contributed by atoms with van der Waals surface area (Å²) in [6.45, 7) is 1.02. The molecule has 0 atom stereocenters. The molecule has 0 bridgehead atoms. The second-order valence-electron chi connectivity index (χ2n) is 6.32. The fourth-order valence-electron chi connectivity index (χ4n) is 2.16. The molecule has 0 fully saturated rings. The second kappa shape index (κ2) is 7.59. The molecule has 0 aliphatic heterocycles. The van der Waals surface area contributed by atoms with Gasteiger partial charge in [0.25, 0.3) is 0 Å². The Balaban J connectivity index is 0.000000333. The van der Waals surface area contributed by atoms with Gasteiger partial charge >= 0.3 is 5.51 Å². The number of rotatable bonds is 3. The number of alkyl halides is 3. The van der Waals surface area contributed by atoms with Crippen molar-refractivity contribution in [3.63, 3.8) is 0 Å². The molecule has 0 saturated heterocycles. The zero-order valence-electron chi connectivity index (χ0n) is 14.3. The van der Waals surface area contributed by atoms with Gasteiger partial charge in [0.15, 0.2) is 10.1 Å². The molecule has 0 heterocycles. The lowest BCUT2D eigenvalue weighted by molar-refractivity contribution is -0.883. The molecule has 0 amide bonds. The number of nitrogens with zero attached hydrogens (tertiary/aromatic N) is 1. The van der Waals surface area contributed by atoms with E-state index in [-0.39, 0.29) is 0 Å². The first-order chi connectivity index (χ1) is 11.3. The molecule has 0 aliphatic carbocycles. The average molecular weight is 379 g/mol. The van der Waals surface area contributed by atoms with Crippen LogP contribution in [0.25, 0.3) is 10.8 Å². The van der Waals surface area contributed by atoms with Crippen LogP contribution in [0, 0.1) is 0 Å². The minimum Gasteiger partial charge on any atom is -0.741 e. The molecule has 0 aromatic heterocycles. The normalized spacial score (nSPS) is 12.5. The summed E-state index contributed by atoms with van der Waals surface area (Å²) in [5, 5.41) is 2.49. The predicted octanol–water partition coefficient (Wildman–Crippen LogP) is 3.11. The monoisotopic (exact) mass is 379 g/mol. The Hall–Kier alpha value is -1.84. The van der Waals surface area contributed by atoms with Gasteiger partial charge in [-0.25, -0.2) is 8.42 Å². The van der Waals surface area contributed by atoms with Crippen molar-refractivity contribution in [1.29, 1.82) is 0 Å². The van der Waals surface area contributed by atoms with Crippen molar-refractivity contribution in [2.75, 3.05) is 28.3 Å². The number of hydrogen-bond donors (Lipinski definition) is 0. The lowest BCUT2D eigenvalue weighted by Crippen LogP contribution is -2.33. The van der Waals surface area contributed by atoms with Crippen LogP contribution >= 0.6 is 0 Å². The van der Waals surface area contributed by atoms with Crippen LogP contribution in [0.5, 0.6) is 5.75 Å². The largest absolute Gasteiger partial charge is 0.741 e. The Kier molecular flexibility index (Phi) is 6.44. The van der Waals surface area contributed by atoms with E-state index in [1.54, 1.807) is 7.11 Å². The summed E-state index contributed by atoms with van der Waals surface area (Å²) in [5.74, 6) is 0.950. The van der Waals surface area contributed by atoms with Crippen molar-refractivity contribution in [1.82, 2.24) is 0 Å². The van der Waals surface area contributed by atoms with E-state index < -0.39 is 15.6 Å². The molecule has 0 N–H and O–H groups in total. The quantitative estimate of drug-likeness (QED) is 0.467. The van der Waals surface area contributed by atoms with E-state index in [9.17, 15) is 13.2 Å². The van der Waals surface area contributed by atoms with Crippen LogP contribution in [0.1, 0.15) is 5.56 Å². The highest BCUT2D eigenvalue weighted by Crippen LogP contribution is 2.29. The first-order valence-electron chi connectivity index (χ1n) is 7.13. The molecular formula is C16H20F3NO4S. The van der Waals surface area contributed by atoms with E-state index in [4.69, 9.17) is 17.7 Å². The number of hydrogen-bond acceptors (Lipinski definition) is 4. The Morgan fingerprint density at radius 1 is 1.04 bits per heavy atom. The molecule has 140 valence electrons. The van der Waals surface area contributed by atoms with Crippen molar-refractivity contribution in [3.05, 3.63) is 42.0 Å². The average Bonchev–Trinajstić information content (AvgIpc) is 2.45. The summed E-state index contributed by atoms with van der Waals surface area (Å²) in [6.07, 6.45) is 0. The molecule has 2 rings (SSSR count). The van der Waals surface area contributed by atoms with Gasteiger partial charge in [0, 0.05) is 10.9 Å². The van der Waals surface area contributed by atoms with Crippen LogP contribution in [0.15, 0.2) is 36.4 Å². The molecule has 0 radical (unpaired) electrons.